The second kappa shape index (κ2) is 9.18. The van der Waals surface area contributed by atoms with E-state index in [1.54, 1.807) is 35.4 Å². The molecule has 1 aromatic carbocycles. The monoisotopic (exact) mass is 395 g/mol. The molecule has 3 rings (SSSR count). The smallest absolute Gasteiger partial charge is 0.242 e. The first-order valence-electron chi connectivity index (χ1n) is 9.53. The Bertz CT molecular complexity index is 879. The molecule has 0 bridgehead atoms. The normalized spacial score (nSPS) is 13.7. The van der Waals surface area contributed by atoms with E-state index in [0.29, 0.717) is 37.6 Å². The summed E-state index contributed by atoms with van der Waals surface area (Å²) in [5.74, 6) is 0.370. The molecule has 0 unspecified atom stereocenters. The molecule has 2 heterocycles. The Morgan fingerprint density at radius 3 is 2.41 bits per heavy atom. The van der Waals surface area contributed by atoms with Crippen molar-refractivity contribution in [3.63, 3.8) is 0 Å². The SMILES string of the molecule is CC(=O)Nc1cccc(N(CC(=O)N2CCN(c3ccccn3)CC2)C(C)=O)c1. The summed E-state index contributed by atoms with van der Waals surface area (Å²) in [7, 11) is 0. The molecule has 8 nitrogen and oxygen atoms in total. The van der Waals surface area contributed by atoms with E-state index < -0.39 is 0 Å². The third-order valence-corrected chi connectivity index (χ3v) is 4.76. The molecule has 8 heteroatoms. The maximum atomic E-state index is 12.8. The van der Waals surface area contributed by atoms with E-state index in [1.165, 1.54) is 18.7 Å². The Kier molecular flexibility index (Phi) is 6.43. The van der Waals surface area contributed by atoms with Crippen molar-refractivity contribution in [1.82, 2.24) is 9.88 Å². The molecule has 0 spiro atoms. The average Bonchev–Trinajstić information content (AvgIpc) is 2.72. The molecule has 1 aliphatic heterocycles. The van der Waals surface area contributed by atoms with Gasteiger partial charge in [0.2, 0.25) is 17.7 Å². The van der Waals surface area contributed by atoms with Gasteiger partial charge in [-0.3, -0.25) is 14.4 Å². The fraction of sp³-hybridized carbons (Fsp3) is 0.333. The molecule has 3 amide bonds. The van der Waals surface area contributed by atoms with Gasteiger partial charge in [0, 0.05) is 57.6 Å². The van der Waals surface area contributed by atoms with Gasteiger partial charge < -0.3 is 20.0 Å². The van der Waals surface area contributed by atoms with Crippen LogP contribution in [0.25, 0.3) is 0 Å². The first-order chi connectivity index (χ1) is 13.9. The molecule has 1 saturated heterocycles. The lowest BCUT2D eigenvalue weighted by Gasteiger charge is -2.36. The fourth-order valence-corrected chi connectivity index (χ4v) is 3.30. The van der Waals surface area contributed by atoms with Gasteiger partial charge in [-0.2, -0.15) is 0 Å². The molecule has 1 aromatic heterocycles. The van der Waals surface area contributed by atoms with Crippen LogP contribution >= 0.6 is 0 Å². The van der Waals surface area contributed by atoms with E-state index >= 15 is 0 Å². The largest absolute Gasteiger partial charge is 0.353 e. The van der Waals surface area contributed by atoms with Crippen LogP contribution in [0.1, 0.15) is 13.8 Å². The quantitative estimate of drug-likeness (QED) is 0.834. The minimum absolute atomic E-state index is 0.0392. The van der Waals surface area contributed by atoms with E-state index in [1.807, 2.05) is 18.2 Å². The molecule has 29 heavy (non-hydrogen) atoms. The van der Waals surface area contributed by atoms with Crippen molar-refractivity contribution in [3.05, 3.63) is 48.7 Å². The number of piperazine rings is 1. The van der Waals surface area contributed by atoms with Crippen LogP contribution in [-0.2, 0) is 14.4 Å². The highest BCUT2D eigenvalue weighted by atomic mass is 16.2. The molecule has 0 aliphatic carbocycles. The number of benzene rings is 1. The van der Waals surface area contributed by atoms with E-state index in [4.69, 9.17) is 0 Å². The Balaban J connectivity index is 1.63. The van der Waals surface area contributed by atoms with Crippen molar-refractivity contribution in [2.24, 2.45) is 0 Å². The minimum atomic E-state index is -0.231. The van der Waals surface area contributed by atoms with Crippen molar-refractivity contribution in [2.45, 2.75) is 13.8 Å². The molecule has 1 fully saturated rings. The number of amides is 3. The standard InChI is InChI=1S/C21H25N5O3/c1-16(27)23-18-6-5-7-19(14-18)26(17(2)28)15-21(29)25-12-10-24(11-13-25)20-8-3-4-9-22-20/h3-9,14H,10-13,15H2,1-2H3,(H,23,27). The Hall–Kier alpha value is -3.42. The Morgan fingerprint density at radius 1 is 1.03 bits per heavy atom. The molecule has 152 valence electrons. The van der Waals surface area contributed by atoms with Crippen molar-refractivity contribution in [2.75, 3.05) is 47.8 Å². The van der Waals surface area contributed by atoms with Crippen molar-refractivity contribution in [3.8, 4) is 0 Å². The maximum Gasteiger partial charge on any atom is 0.242 e. The van der Waals surface area contributed by atoms with E-state index in [0.717, 1.165) is 5.82 Å². The number of aromatic nitrogens is 1. The second-order valence-corrected chi connectivity index (χ2v) is 6.89. The van der Waals surface area contributed by atoms with Crippen LogP contribution in [-0.4, -0.2) is 60.3 Å². The zero-order valence-electron chi connectivity index (χ0n) is 16.7. The molecule has 0 radical (unpaired) electrons. The first-order valence-corrected chi connectivity index (χ1v) is 9.53. The number of rotatable bonds is 5. The summed E-state index contributed by atoms with van der Waals surface area (Å²) >= 11 is 0. The Morgan fingerprint density at radius 2 is 1.79 bits per heavy atom. The average molecular weight is 395 g/mol. The number of nitrogens with zero attached hydrogens (tertiary/aromatic N) is 4. The molecule has 1 N–H and O–H groups in total. The van der Waals surface area contributed by atoms with Gasteiger partial charge in [0.05, 0.1) is 0 Å². The van der Waals surface area contributed by atoms with Crippen molar-refractivity contribution in [1.29, 1.82) is 0 Å². The lowest BCUT2D eigenvalue weighted by molar-refractivity contribution is -0.131. The van der Waals surface area contributed by atoms with E-state index in [9.17, 15) is 14.4 Å². The number of anilines is 3. The van der Waals surface area contributed by atoms with E-state index in [2.05, 4.69) is 15.2 Å². The van der Waals surface area contributed by atoms with Crippen LogP contribution < -0.4 is 15.1 Å². The minimum Gasteiger partial charge on any atom is -0.353 e. The van der Waals surface area contributed by atoms with Gasteiger partial charge in [-0.15, -0.1) is 0 Å². The predicted molar refractivity (Wildman–Crippen MR) is 112 cm³/mol. The molecule has 2 aromatic rings. The summed E-state index contributed by atoms with van der Waals surface area (Å²) in [5, 5.41) is 2.69. The molecule has 0 atom stereocenters. The van der Waals surface area contributed by atoms with Crippen LogP contribution in [0.4, 0.5) is 17.2 Å². The summed E-state index contributed by atoms with van der Waals surface area (Å²) in [6.45, 7) is 5.35. The number of carbonyl (C=O) groups is 3. The summed E-state index contributed by atoms with van der Waals surface area (Å²) in [5.41, 5.74) is 1.15. The van der Waals surface area contributed by atoms with Crippen LogP contribution in [0, 0.1) is 0 Å². The molecular weight excluding hydrogens is 370 g/mol. The number of hydrogen-bond acceptors (Lipinski definition) is 5. The Labute approximate surface area is 170 Å². The highest BCUT2D eigenvalue weighted by molar-refractivity contribution is 5.98. The first kappa shape index (κ1) is 20.3. The van der Waals surface area contributed by atoms with Crippen LogP contribution in [0.2, 0.25) is 0 Å². The van der Waals surface area contributed by atoms with Gasteiger partial charge in [-0.25, -0.2) is 4.98 Å². The lowest BCUT2D eigenvalue weighted by atomic mass is 10.2. The maximum absolute atomic E-state index is 12.8. The second-order valence-electron chi connectivity index (χ2n) is 6.89. The van der Waals surface area contributed by atoms with Crippen LogP contribution in [0.5, 0.6) is 0 Å². The van der Waals surface area contributed by atoms with Gasteiger partial charge in [-0.05, 0) is 30.3 Å². The molecular formula is C21H25N5O3. The fourth-order valence-electron chi connectivity index (χ4n) is 3.30. The molecule has 1 aliphatic rings. The number of carbonyl (C=O) groups excluding carboxylic acids is 3. The van der Waals surface area contributed by atoms with E-state index in [-0.39, 0.29) is 24.3 Å². The van der Waals surface area contributed by atoms with Crippen molar-refractivity contribution < 1.29 is 14.4 Å². The van der Waals surface area contributed by atoms with Gasteiger partial charge in [0.25, 0.3) is 0 Å². The third-order valence-electron chi connectivity index (χ3n) is 4.76. The number of nitrogens with one attached hydrogen (secondary N) is 1. The van der Waals surface area contributed by atoms with Crippen LogP contribution in [0.3, 0.4) is 0 Å². The molecule has 0 saturated carbocycles. The summed E-state index contributed by atoms with van der Waals surface area (Å²) < 4.78 is 0. The lowest BCUT2D eigenvalue weighted by Crippen LogP contribution is -2.52. The third kappa shape index (κ3) is 5.31. The van der Waals surface area contributed by atoms with Gasteiger partial charge in [-0.1, -0.05) is 12.1 Å². The van der Waals surface area contributed by atoms with Crippen molar-refractivity contribution >= 4 is 34.9 Å². The highest BCUT2D eigenvalue weighted by Gasteiger charge is 2.25. The number of pyridine rings is 1. The topological polar surface area (TPSA) is 85.8 Å². The predicted octanol–water partition coefficient (Wildman–Crippen LogP) is 1.74. The summed E-state index contributed by atoms with van der Waals surface area (Å²) in [6.07, 6.45) is 1.76. The van der Waals surface area contributed by atoms with Gasteiger partial charge in [0.15, 0.2) is 0 Å². The highest BCUT2D eigenvalue weighted by Crippen LogP contribution is 2.20. The van der Waals surface area contributed by atoms with Gasteiger partial charge in [0.1, 0.15) is 12.4 Å². The summed E-state index contributed by atoms with van der Waals surface area (Å²) in [6, 6.07) is 12.7. The zero-order chi connectivity index (χ0) is 20.8. The van der Waals surface area contributed by atoms with Crippen LogP contribution in [0.15, 0.2) is 48.7 Å². The summed E-state index contributed by atoms with van der Waals surface area (Å²) in [4.78, 5) is 46.0. The zero-order valence-corrected chi connectivity index (χ0v) is 16.7. The van der Waals surface area contributed by atoms with Gasteiger partial charge >= 0.3 is 0 Å². The number of hydrogen-bond donors (Lipinski definition) is 1.